The normalized spacial score (nSPS) is 10.5. The highest BCUT2D eigenvalue weighted by Crippen LogP contribution is 2.29. The van der Waals surface area contributed by atoms with Crippen LogP contribution in [0, 0.1) is 5.82 Å². The molecule has 2 rings (SSSR count). The first-order valence-corrected chi connectivity index (χ1v) is 6.87. The number of ether oxygens (including phenoxy) is 1. The van der Waals surface area contributed by atoms with Gasteiger partial charge in [0, 0.05) is 5.69 Å². The molecule has 0 unspecified atom stereocenters. The van der Waals surface area contributed by atoms with Gasteiger partial charge in [0.15, 0.2) is 0 Å². The zero-order valence-electron chi connectivity index (χ0n) is 10.5. The number of carbonyl (C=O) groups excluding carboxylic acids is 1. The molecule has 0 saturated heterocycles. The number of carbonyl (C=O) groups is 1. The van der Waals surface area contributed by atoms with Gasteiger partial charge in [0.05, 0.1) is 20.6 Å². The van der Waals surface area contributed by atoms with Crippen molar-refractivity contribution in [3.8, 4) is 0 Å². The molecule has 0 saturated carbocycles. The van der Waals surface area contributed by atoms with Crippen molar-refractivity contribution < 1.29 is 13.9 Å². The summed E-state index contributed by atoms with van der Waals surface area (Å²) in [5.41, 5.74) is 6.50. The lowest BCUT2D eigenvalue weighted by Gasteiger charge is -2.09. The molecule has 2 aromatic rings. The molecule has 0 aliphatic heterocycles. The molecule has 0 aliphatic carbocycles. The van der Waals surface area contributed by atoms with Crippen LogP contribution in [0.15, 0.2) is 30.3 Å². The summed E-state index contributed by atoms with van der Waals surface area (Å²) in [5, 5.41) is 0.176. The largest absolute Gasteiger partial charge is 0.457 e. The Hall–Kier alpha value is -1.49. The molecule has 110 valence electrons. The molecule has 7 heteroatoms. The third-order valence-electron chi connectivity index (χ3n) is 2.62. The molecule has 0 bridgehead atoms. The summed E-state index contributed by atoms with van der Waals surface area (Å²) in [6, 6.07) is 6.82. The maximum atomic E-state index is 13.0. The molecule has 21 heavy (non-hydrogen) atoms. The summed E-state index contributed by atoms with van der Waals surface area (Å²) < 4.78 is 18.1. The number of benzene rings is 2. The van der Waals surface area contributed by atoms with Crippen LogP contribution in [0.3, 0.4) is 0 Å². The SMILES string of the molecule is Nc1cc(Cl)c(Cl)c(C(=O)OCc2ccc(F)c(Cl)c2)c1. The van der Waals surface area contributed by atoms with Crippen molar-refractivity contribution in [1.29, 1.82) is 0 Å². The number of halogens is 4. The van der Waals surface area contributed by atoms with Gasteiger partial charge in [-0.25, -0.2) is 9.18 Å². The van der Waals surface area contributed by atoms with E-state index in [1.807, 2.05) is 0 Å². The Labute approximate surface area is 135 Å². The van der Waals surface area contributed by atoms with Crippen LogP contribution in [0.4, 0.5) is 10.1 Å². The van der Waals surface area contributed by atoms with Crippen molar-refractivity contribution in [2.75, 3.05) is 5.73 Å². The molecule has 0 spiro atoms. The van der Waals surface area contributed by atoms with Crippen LogP contribution >= 0.6 is 34.8 Å². The van der Waals surface area contributed by atoms with Gasteiger partial charge in [-0.1, -0.05) is 40.9 Å². The molecule has 0 heterocycles. The van der Waals surface area contributed by atoms with Crippen molar-refractivity contribution in [2.24, 2.45) is 0 Å². The predicted molar refractivity (Wildman–Crippen MR) is 81.4 cm³/mol. The van der Waals surface area contributed by atoms with E-state index < -0.39 is 11.8 Å². The average molecular weight is 349 g/mol. The second-order valence-corrected chi connectivity index (χ2v) is 5.38. The lowest BCUT2D eigenvalue weighted by Crippen LogP contribution is -2.07. The second-order valence-electron chi connectivity index (χ2n) is 4.19. The van der Waals surface area contributed by atoms with Crippen LogP contribution in [-0.4, -0.2) is 5.97 Å². The summed E-state index contributed by atoms with van der Waals surface area (Å²) in [7, 11) is 0. The number of rotatable bonds is 3. The number of anilines is 1. The molecule has 0 radical (unpaired) electrons. The van der Waals surface area contributed by atoms with Crippen LogP contribution in [0.25, 0.3) is 0 Å². The molecule has 0 atom stereocenters. The highest BCUT2D eigenvalue weighted by Gasteiger charge is 2.16. The first-order valence-electron chi connectivity index (χ1n) is 5.74. The highest BCUT2D eigenvalue weighted by atomic mass is 35.5. The van der Waals surface area contributed by atoms with Crippen LogP contribution in [0.2, 0.25) is 15.1 Å². The van der Waals surface area contributed by atoms with Crippen molar-refractivity contribution in [1.82, 2.24) is 0 Å². The van der Waals surface area contributed by atoms with Crippen molar-refractivity contribution >= 4 is 46.5 Å². The van der Waals surface area contributed by atoms with Crippen molar-refractivity contribution in [3.63, 3.8) is 0 Å². The van der Waals surface area contributed by atoms with E-state index in [2.05, 4.69) is 0 Å². The van der Waals surface area contributed by atoms with E-state index in [9.17, 15) is 9.18 Å². The zero-order chi connectivity index (χ0) is 15.6. The Balaban J connectivity index is 2.13. The van der Waals surface area contributed by atoms with Crippen LogP contribution in [-0.2, 0) is 11.3 Å². The number of hydrogen-bond donors (Lipinski definition) is 1. The summed E-state index contributed by atoms with van der Waals surface area (Å²) >= 11 is 17.4. The van der Waals surface area contributed by atoms with Gasteiger partial charge >= 0.3 is 5.97 Å². The van der Waals surface area contributed by atoms with E-state index in [1.165, 1.54) is 30.3 Å². The molecule has 3 nitrogen and oxygen atoms in total. The van der Waals surface area contributed by atoms with E-state index in [1.54, 1.807) is 0 Å². The smallest absolute Gasteiger partial charge is 0.340 e. The van der Waals surface area contributed by atoms with Crippen LogP contribution in [0.5, 0.6) is 0 Å². The Bertz CT molecular complexity index is 707. The fraction of sp³-hybridized carbons (Fsp3) is 0.0714. The Morgan fingerprint density at radius 1 is 1.14 bits per heavy atom. The zero-order valence-corrected chi connectivity index (χ0v) is 12.8. The van der Waals surface area contributed by atoms with Gasteiger partial charge in [0.25, 0.3) is 0 Å². The number of esters is 1. The summed E-state index contributed by atoms with van der Waals surface area (Å²) in [6.45, 7) is -0.0818. The topological polar surface area (TPSA) is 52.3 Å². The Kier molecular flexibility index (Phi) is 4.93. The predicted octanol–water partition coefficient (Wildman–Crippen LogP) is 4.73. The molecule has 2 aromatic carbocycles. The van der Waals surface area contributed by atoms with Crippen molar-refractivity contribution in [3.05, 3.63) is 62.3 Å². The molecule has 0 aliphatic rings. The van der Waals surface area contributed by atoms with Gasteiger partial charge < -0.3 is 10.5 Å². The number of nitrogens with two attached hydrogens (primary N) is 1. The summed E-state index contributed by atoms with van der Waals surface area (Å²) in [5.74, 6) is -1.23. The second kappa shape index (κ2) is 6.52. The monoisotopic (exact) mass is 347 g/mol. The maximum absolute atomic E-state index is 13.0. The average Bonchev–Trinajstić information content (AvgIpc) is 2.43. The summed E-state index contributed by atoms with van der Waals surface area (Å²) in [6.07, 6.45) is 0. The van der Waals surface area contributed by atoms with Gasteiger partial charge in [0.2, 0.25) is 0 Å². The van der Waals surface area contributed by atoms with Crippen LogP contribution < -0.4 is 5.73 Å². The fourth-order valence-corrected chi connectivity index (χ4v) is 2.23. The molecular weight excluding hydrogens is 340 g/mol. The number of hydrogen-bond acceptors (Lipinski definition) is 3. The minimum Gasteiger partial charge on any atom is -0.457 e. The van der Waals surface area contributed by atoms with E-state index in [4.69, 9.17) is 45.3 Å². The Morgan fingerprint density at radius 3 is 2.52 bits per heavy atom. The minimum atomic E-state index is -0.686. The van der Waals surface area contributed by atoms with Gasteiger partial charge in [-0.15, -0.1) is 0 Å². The van der Waals surface area contributed by atoms with E-state index in [0.29, 0.717) is 11.3 Å². The summed E-state index contributed by atoms with van der Waals surface area (Å²) in [4.78, 5) is 12.0. The lowest BCUT2D eigenvalue weighted by atomic mass is 10.2. The van der Waals surface area contributed by atoms with Gasteiger partial charge in [-0.05, 0) is 29.8 Å². The molecule has 2 N–H and O–H groups in total. The fourth-order valence-electron chi connectivity index (χ4n) is 1.61. The number of nitrogen functional groups attached to an aromatic ring is 1. The maximum Gasteiger partial charge on any atom is 0.340 e. The van der Waals surface area contributed by atoms with E-state index >= 15 is 0 Å². The third-order valence-corrected chi connectivity index (χ3v) is 3.72. The molecule has 0 fully saturated rings. The van der Waals surface area contributed by atoms with Crippen molar-refractivity contribution in [2.45, 2.75) is 6.61 Å². The molecule has 0 aromatic heterocycles. The quantitative estimate of drug-likeness (QED) is 0.644. The molecular formula is C14H9Cl3FNO2. The Morgan fingerprint density at radius 2 is 1.86 bits per heavy atom. The van der Waals surface area contributed by atoms with Gasteiger partial charge in [0.1, 0.15) is 12.4 Å². The first kappa shape index (κ1) is 15.9. The minimum absolute atomic E-state index is 0.0476. The van der Waals surface area contributed by atoms with Gasteiger partial charge in [-0.2, -0.15) is 0 Å². The third kappa shape index (κ3) is 3.79. The highest BCUT2D eigenvalue weighted by molar-refractivity contribution is 6.44. The standard InChI is InChI=1S/C14H9Cl3FNO2/c15-10-3-7(1-2-12(10)18)6-21-14(20)9-4-8(19)5-11(16)13(9)17/h1-5H,6,19H2. The van der Waals surface area contributed by atoms with E-state index in [0.717, 1.165) is 0 Å². The van der Waals surface area contributed by atoms with Gasteiger partial charge in [-0.3, -0.25) is 0 Å². The van der Waals surface area contributed by atoms with Crippen LogP contribution in [0.1, 0.15) is 15.9 Å². The first-order chi connectivity index (χ1) is 9.88. The molecule has 0 amide bonds. The lowest BCUT2D eigenvalue weighted by molar-refractivity contribution is 0.0473. The van der Waals surface area contributed by atoms with E-state index in [-0.39, 0.29) is 27.2 Å².